The first-order valence-electron chi connectivity index (χ1n) is 4.76. The van der Waals surface area contributed by atoms with Gasteiger partial charge in [-0.3, -0.25) is 4.79 Å². The quantitative estimate of drug-likeness (QED) is 0.684. The second kappa shape index (κ2) is 6.17. The fourth-order valence-electron chi connectivity index (χ4n) is 1.33. The van der Waals surface area contributed by atoms with Gasteiger partial charge in [0.2, 0.25) is 0 Å². The lowest BCUT2D eigenvalue weighted by Crippen LogP contribution is -2.31. The first kappa shape index (κ1) is 14.2. The molecule has 5 heteroatoms. The van der Waals surface area contributed by atoms with E-state index in [4.69, 9.17) is 0 Å². The third-order valence-electron chi connectivity index (χ3n) is 2.03. The monoisotopic (exact) mass is 411 g/mol. The fraction of sp³-hybridized carbons (Fsp3) is 0.364. The number of hydrogen-bond acceptors (Lipinski definition) is 1. The highest BCUT2D eigenvalue weighted by Crippen LogP contribution is 2.23. The molecule has 0 saturated carbocycles. The van der Waals surface area contributed by atoms with E-state index in [1.807, 2.05) is 25.1 Å². The van der Waals surface area contributed by atoms with Crippen molar-refractivity contribution < 1.29 is 4.79 Å². The SMILES string of the molecule is CC(Br)CN(C)C(=O)c1ccc(Br)cc1Br. The Kier molecular flexibility index (Phi) is 5.47. The van der Waals surface area contributed by atoms with Crippen LogP contribution in [0.15, 0.2) is 27.1 Å². The fourth-order valence-corrected chi connectivity index (χ4v) is 2.98. The number of benzene rings is 1. The molecule has 1 atom stereocenters. The van der Waals surface area contributed by atoms with Crippen LogP contribution in [0.5, 0.6) is 0 Å². The van der Waals surface area contributed by atoms with Crippen molar-refractivity contribution in [2.75, 3.05) is 13.6 Å². The number of rotatable bonds is 3. The Morgan fingerprint density at radius 1 is 1.44 bits per heavy atom. The van der Waals surface area contributed by atoms with Crippen molar-refractivity contribution in [2.24, 2.45) is 0 Å². The number of carbonyl (C=O) groups is 1. The van der Waals surface area contributed by atoms with Gasteiger partial charge in [-0.05, 0) is 34.1 Å². The summed E-state index contributed by atoms with van der Waals surface area (Å²) in [5.41, 5.74) is 0.679. The summed E-state index contributed by atoms with van der Waals surface area (Å²) in [6.45, 7) is 2.70. The molecule has 2 nitrogen and oxygen atoms in total. The van der Waals surface area contributed by atoms with Gasteiger partial charge in [0, 0.05) is 27.4 Å². The van der Waals surface area contributed by atoms with Crippen molar-refractivity contribution in [2.45, 2.75) is 11.8 Å². The van der Waals surface area contributed by atoms with Crippen molar-refractivity contribution >= 4 is 53.7 Å². The molecule has 0 aliphatic rings. The molecule has 0 aliphatic carbocycles. The van der Waals surface area contributed by atoms with Gasteiger partial charge in [-0.1, -0.05) is 38.8 Å². The topological polar surface area (TPSA) is 20.3 Å². The maximum Gasteiger partial charge on any atom is 0.254 e. The van der Waals surface area contributed by atoms with Gasteiger partial charge < -0.3 is 4.90 Å². The Balaban J connectivity index is 2.88. The van der Waals surface area contributed by atoms with Crippen LogP contribution in [0.25, 0.3) is 0 Å². The third kappa shape index (κ3) is 3.86. The summed E-state index contributed by atoms with van der Waals surface area (Å²) in [5, 5.41) is 0. The predicted molar refractivity (Wildman–Crippen MR) is 77.2 cm³/mol. The van der Waals surface area contributed by atoms with E-state index in [0.29, 0.717) is 12.1 Å². The summed E-state index contributed by atoms with van der Waals surface area (Å²) in [4.78, 5) is 14.1. The van der Waals surface area contributed by atoms with Crippen molar-refractivity contribution in [3.8, 4) is 0 Å². The van der Waals surface area contributed by atoms with Gasteiger partial charge in [-0.2, -0.15) is 0 Å². The zero-order chi connectivity index (χ0) is 12.3. The minimum absolute atomic E-state index is 0.0191. The summed E-state index contributed by atoms with van der Waals surface area (Å²) in [6, 6.07) is 5.55. The second-order valence-corrected chi connectivity index (χ2v) is 6.92. The first-order chi connectivity index (χ1) is 7.41. The number of nitrogens with zero attached hydrogens (tertiary/aromatic N) is 1. The zero-order valence-electron chi connectivity index (χ0n) is 9.01. The molecule has 0 saturated heterocycles. The van der Waals surface area contributed by atoms with Crippen molar-refractivity contribution in [3.63, 3.8) is 0 Å². The van der Waals surface area contributed by atoms with E-state index in [2.05, 4.69) is 47.8 Å². The average Bonchev–Trinajstić information content (AvgIpc) is 2.15. The van der Waals surface area contributed by atoms with Gasteiger partial charge in [-0.25, -0.2) is 0 Å². The van der Waals surface area contributed by atoms with Crippen LogP contribution in [0, 0.1) is 0 Å². The number of halogens is 3. The maximum absolute atomic E-state index is 12.1. The molecular weight excluding hydrogens is 402 g/mol. The highest BCUT2D eigenvalue weighted by molar-refractivity contribution is 9.11. The van der Waals surface area contributed by atoms with Gasteiger partial charge >= 0.3 is 0 Å². The molecule has 0 fully saturated rings. The summed E-state index contributed by atoms with van der Waals surface area (Å²) in [6.07, 6.45) is 0. The van der Waals surface area contributed by atoms with E-state index in [9.17, 15) is 4.79 Å². The van der Waals surface area contributed by atoms with E-state index in [1.165, 1.54) is 0 Å². The largest absolute Gasteiger partial charge is 0.341 e. The molecule has 0 N–H and O–H groups in total. The van der Waals surface area contributed by atoms with Crippen LogP contribution in [0.4, 0.5) is 0 Å². The molecule has 1 rings (SSSR count). The van der Waals surface area contributed by atoms with Crippen LogP contribution < -0.4 is 0 Å². The van der Waals surface area contributed by atoms with Gasteiger partial charge in [0.15, 0.2) is 0 Å². The Morgan fingerprint density at radius 2 is 2.06 bits per heavy atom. The minimum Gasteiger partial charge on any atom is -0.341 e. The second-order valence-electron chi connectivity index (χ2n) is 3.59. The van der Waals surface area contributed by atoms with Gasteiger partial charge in [0.25, 0.3) is 5.91 Å². The minimum atomic E-state index is 0.0191. The van der Waals surface area contributed by atoms with Gasteiger partial charge in [0.05, 0.1) is 5.56 Å². The predicted octanol–water partition coefficient (Wildman–Crippen LogP) is 4.07. The number of carbonyl (C=O) groups excluding carboxylic acids is 1. The molecule has 16 heavy (non-hydrogen) atoms. The Bertz CT molecular complexity index is 393. The number of alkyl halides is 1. The summed E-state index contributed by atoms with van der Waals surface area (Å²) < 4.78 is 1.76. The Morgan fingerprint density at radius 3 is 2.56 bits per heavy atom. The molecule has 0 heterocycles. The van der Waals surface area contributed by atoms with E-state index in [0.717, 1.165) is 8.95 Å². The highest BCUT2D eigenvalue weighted by atomic mass is 79.9. The first-order valence-corrected chi connectivity index (χ1v) is 7.26. The van der Waals surface area contributed by atoms with Crippen LogP contribution in [-0.4, -0.2) is 29.2 Å². The van der Waals surface area contributed by atoms with E-state index in [1.54, 1.807) is 11.9 Å². The Labute approximate surface area is 121 Å². The zero-order valence-corrected chi connectivity index (χ0v) is 13.8. The van der Waals surface area contributed by atoms with Gasteiger partial charge in [0.1, 0.15) is 0 Å². The van der Waals surface area contributed by atoms with E-state index < -0.39 is 0 Å². The lowest BCUT2D eigenvalue weighted by atomic mass is 10.2. The molecular formula is C11H12Br3NO. The smallest absolute Gasteiger partial charge is 0.254 e. The molecule has 1 unspecified atom stereocenters. The van der Waals surface area contributed by atoms with E-state index >= 15 is 0 Å². The molecule has 0 spiro atoms. The molecule has 88 valence electrons. The maximum atomic E-state index is 12.1. The number of hydrogen-bond donors (Lipinski definition) is 0. The molecule has 1 aromatic rings. The standard InChI is InChI=1S/C11H12Br3NO/c1-7(12)6-15(2)11(16)9-4-3-8(13)5-10(9)14/h3-5,7H,6H2,1-2H3. The van der Waals surface area contributed by atoms with Crippen LogP contribution in [0.2, 0.25) is 0 Å². The van der Waals surface area contributed by atoms with Crippen LogP contribution >= 0.6 is 47.8 Å². The lowest BCUT2D eigenvalue weighted by molar-refractivity contribution is 0.0796. The van der Waals surface area contributed by atoms with Crippen molar-refractivity contribution in [1.29, 1.82) is 0 Å². The lowest BCUT2D eigenvalue weighted by Gasteiger charge is -2.19. The normalized spacial score (nSPS) is 12.3. The Hall–Kier alpha value is 0.130. The van der Waals surface area contributed by atoms with Crippen LogP contribution in [-0.2, 0) is 0 Å². The summed E-state index contributed by atoms with van der Waals surface area (Å²) in [7, 11) is 1.80. The molecule has 0 radical (unpaired) electrons. The third-order valence-corrected chi connectivity index (χ3v) is 3.47. The number of amides is 1. The molecule has 0 bridgehead atoms. The summed E-state index contributed by atoms with van der Waals surface area (Å²) in [5.74, 6) is 0.0191. The van der Waals surface area contributed by atoms with Gasteiger partial charge in [-0.15, -0.1) is 0 Å². The van der Waals surface area contributed by atoms with E-state index in [-0.39, 0.29) is 10.7 Å². The average molecular weight is 414 g/mol. The van der Waals surface area contributed by atoms with Crippen molar-refractivity contribution in [3.05, 3.63) is 32.7 Å². The molecule has 1 aromatic carbocycles. The summed E-state index contributed by atoms with van der Waals surface area (Å²) >= 11 is 10.2. The van der Waals surface area contributed by atoms with Crippen LogP contribution in [0.3, 0.4) is 0 Å². The molecule has 0 aromatic heterocycles. The van der Waals surface area contributed by atoms with Crippen LogP contribution in [0.1, 0.15) is 17.3 Å². The molecule has 1 amide bonds. The highest BCUT2D eigenvalue weighted by Gasteiger charge is 2.15. The molecule has 0 aliphatic heterocycles. The van der Waals surface area contributed by atoms with Crippen molar-refractivity contribution in [1.82, 2.24) is 4.90 Å².